The number of likely N-dealkylation sites (tertiary alicyclic amines) is 1. The monoisotopic (exact) mass is 245 g/mol. The van der Waals surface area contributed by atoms with Crippen LogP contribution in [0.15, 0.2) is 30.3 Å². The van der Waals surface area contributed by atoms with E-state index in [1.54, 1.807) is 0 Å². The number of nitrogens with zero attached hydrogens (tertiary/aromatic N) is 1. The third-order valence-corrected chi connectivity index (χ3v) is 4.45. The van der Waals surface area contributed by atoms with E-state index in [0.29, 0.717) is 0 Å². The SMILES string of the molecule is O=C(O)C1(c2ccccc2)CCN(C2CC2)CC1. The van der Waals surface area contributed by atoms with Crippen LogP contribution in [0.25, 0.3) is 0 Å². The lowest BCUT2D eigenvalue weighted by Crippen LogP contribution is -2.47. The molecule has 3 heteroatoms. The first-order valence-electron chi connectivity index (χ1n) is 6.75. The van der Waals surface area contributed by atoms with Crippen molar-refractivity contribution in [2.75, 3.05) is 13.1 Å². The summed E-state index contributed by atoms with van der Waals surface area (Å²) in [6.07, 6.45) is 4.07. The third-order valence-electron chi connectivity index (χ3n) is 4.45. The average Bonchev–Trinajstić information content (AvgIpc) is 3.24. The first kappa shape index (κ1) is 11.7. The summed E-state index contributed by atoms with van der Waals surface area (Å²) < 4.78 is 0. The molecular formula is C15H19NO2. The van der Waals surface area contributed by atoms with Crippen molar-refractivity contribution in [1.82, 2.24) is 4.90 Å². The van der Waals surface area contributed by atoms with Crippen molar-refractivity contribution >= 4 is 5.97 Å². The molecule has 1 saturated heterocycles. The predicted molar refractivity (Wildman–Crippen MR) is 69.6 cm³/mol. The number of hydrogen-bond donors (Lipinski definition) is 1. The largest absolute Gasteiger partial charge is 0.481 e. The highest BCUT2D eigenvalue weighted by Crippen LogP contribution is 2.39. The molecule has 0 spiro atoms. The lowest BCUT2D eigenvalue weighted by atomic mass is 9.73. The average molecular weight is 245 g/mol. The van der Waals surface area contributed by atoms with Crippen molar-refractivity contribution in [3.05, 3.63) is 35.9 Å². The van der Waals surface area contributed by atoms with Gasteiger partial charge in [-0.3, -0.25) is 4.79 Å². The van der Waals surface area contributed by atoms with Gasteiger partial charge in [0.05, 0.1) is 5.41 Å². The number of rotatable bonds is 3. The van der Waals surface area contributed by atoms with Gasteiger partial charge in [0, 0.05) is 6.04 Å². The highest BCUT2D eigenvalue weighted by atomic mass is 16.4. The summed E-state index contributed by atoms with van der Waals surface area (Å²) in [5.74, 6) is -0.663. The van der Waals surface area contributed by atoms with Crippen LogP contribution < -0.4 is 0 Å². The molecule has 0 amide bonds. The second-order valence-corrected chi connectivity index (χ2v) is 5.52. The number of piperidine rings is 1. The smallest absolute Gasteiger partial charge is 0.314 e. The van der Waals surface area contributed by atoms with E-state index in [0.717, 1.165) is 37.5 Å². The van der Waals surface area contributed by atoms with E-state index in [9.17, 15) is 9.90 Å². The lowest BCUT2D eigenvalue weighted by Gasteiger charge is -2.39. The number of aliphatic carboxylic acids is 1. The Morgan fingerprint density at radius 1 is 1.17 bits per heavy atom. The van der Waals surface area contributed by atoms with Crippen LogP contribution in [0.3, 0.4) is 0 Å². The second kappa shape index (κ2) is 4.39. The maximum absolute atomic E-state index is 11.8. The molecule has 1 aromatic rings. The van der Waals surface area contributed by atoms with Gasteiger partial charge in [0.15, 0.2) is 0 Å². The van der Waals surface area contributed by atoms with Crippen LogP contribution in [0.1, 0.15) is 31.2 Å². The van der Waals surface area contributed by atoms with E-state index in [1.165, 1.54) is 12.8 Å². The van der Waals surface area contributed by atoms with Gasteiger partial charge < -0.3 is 10.0 Å². The Labute approximate surface area is 107 Å². The zero-order valence-corrected chi connectivity index (χ0v) is 10.5. The van der Waals surface area contributed by atoms with E-state index in [4.69, 9.17) is 0 Å². The molecular weight excluding hydrogens is 226 g/mol. The molecule has 0 bridgehead atoms. The van der Waals surface area contributed by atoms with E-state index in [2.05, 4.69) is 4.90 Å². The van der Waals surface area contributed by atoms with Crippen molar-refractivity contribution in [1.29, 1.82) is 0 Å². The highest BCUT2D eigenvalue weighted by Gasteiger charge is 2.45. The molecule has 0 atom stereocenters. The second-order valence-electron chi connectivity index (χ2n) is 5.52. The Bertz CT molecular complexity index is 431. The Hall–Kier alpha value is -1.35. The summed E-state index contributed by atoms with van der Waals surface area (Å²) in [5.41, 5.74) is 0.306. The zero-order chi connectivity index (χ0) is 12.6. The summed E-state index contributed by atoms with van der Waals surface area (Å²) in [5, 5.41) is 9.66. The molecule has 1 saturated carbocycles. The molecule has 1 aliphatic heterocycles. The fraction of sp³-hybridized carbons (Fsp3) is 0.533. The number of carboxylic acids is 1. The van der Waals surface area contributed by atoms with Gasteiger partial charge in [-0.15, -0.1) is 0 Å². The number of hydrogen-bond acceptors (Lipinski definition) is 2. The Morgan fingerprint density at radius 3 is 2.28 bits per heavy atom. The lowest BCUT2D eigenvalue weighted by molar-refractivity contribution is -0.146. The van der Waals surface area contributed by atoms with Gasteiger partial charge >= 0.3 is 5.97 Å². The normalized spacial score (nSPS) is 23.8. The fourth-order valence-electron chi connectivity index (χ4n) is 3.09. The molecule has 0 radical (unpaired) electrons. The van der Waals surface area contributed by atoms with Gasteiger partial charge in [0.1, 0.15) is 0 Å². The van der Waals surface area contributed by atoms with Gasteiger partial charge in [0.2, 0.25) is 0 Å². The molecule has 0 unspecified atom stereocenters. The van der Waals surface area contributed by atoms with Crippen molar-refractivity contribution in [3.63, 3.8) is 0 Å². The highest BCUT2D eigenvalue weighted by molar-refractivity contribution is 5.81. The molecule has 1 aromatic carbocycles. The Kier molecular flexibility index (Phi) is 2.86. The van der Waals surface area contributed by atoms with Crippen LogP contribution in [-0.4, -0.2) is 35.1 Å². The van der Waals surface area contributed by atoms with Crippen LogP contribution in [0, 0.1) is 0 Å². The van der Waals surface area contributed by atoms with E-state index >= 15 is 0 Å². The molecule has 0 aromatic heterocycles. The maximum atomic E-state index is 11.8. The minimum atomic E-state index is -0.663. The van der Waals surface area contributed by atoms with Gasteiger partial charge in [-0.2, -0.15) is 0 Å². The van der Waals surface area contributed by atoms with Crippen LogP contribution >= 0.6 is 0 Å². The molecule has 2 fully saturated rings. The molecule has 18 heavy (non-hydrogen) atoms. The molecule has 2 aliphatic rings. The topological polar surface area (TPSA) is 40.5 Å². The Balaban J connectivity index is 1.83. The van der Waals surface area contributed by atoms with Crippen LogP contribution in [0.5, 0.6) is 0 Å². The van der Waals surface area contributed by atoms with Crippen molar-refractivity contribution in [2.24, 2.45) is 0 Å². The van der Waals surface area contributed by atoms with Gasteiger partial charge in [-0.1, -0.05) is 30.3 Å². The summed E-state index contributed by atoms with van der Waals surface area (Å²) in [7, 11) is 0. The van der Waals surface area contributed by atoms with Gasteiger partial charge in [0.25, 0.3) is 0 Å². The first-order valence-corrected chi connectivity index (χ1v) is 6.75. The quantitative estimate of drug-likeness (QED) is 0.888. The summed E-state index contributed by atoms with van der Waals surface area (Å²) in [4.78, 5) is 14.2. The number of benzene rings is 1. The van der Waals surface area contributed by atoms with Crippen molar-refractivity contribution < 1.29 is 9.90 Å². The number of carbonyl (C=O) groups is 1. The minimum Gasteiger partial charge on any atom is -0.481 e. The maximum Gasteiger partial charge on any atom is 0.314 e. The number of carboxylic acid groups (broad SMARTS) is 1. The Morgan fingerprint density at radius 2 is 1.78 bits per heavy atom. The summed E-state index contributed by atoms with van der Waals surface area (Å²) in [6, 6.07) is 10.5. The molecule has 1 aliphatic carbocycles. The standard InChI is InChI=1S/C15H19NO2/c17-14(18)15(12-4-2-1-3-5-12)8-10-16(11-9-15)13-6-7-13/h1-5,13H,6-11H2,(H,17,18). The van der Waals surface area contributed by atoms with Crippen LogP contribution in [-0.2, 0) is 10.2 Å². The van der Waals surface area contributed by atoms with Gasteiger partial charge in [-0.25, -0.2) is 0 Å². The zero-order valence-electron chi connectivity index (χ0n) is 10.5. The van der Waals surface area contributed by atoms with E-state index < -0.39 is 11.4 Å². The molecule has 96 valence electrons. The minimum absolute atomic E-state index is 0.660. The fourth-order valence-corrected chi connectivity index (χ4v) is 3.09. The first-order chi connectivity index (χ1) is 8.72. The predicted octanol–water partition coefficient (Wildman–Crippen LogP) is 2.27. The third kappa shape index (κ3) is 1.93. The molecule has 3 rings (SSSR count). The molecule has 3 nitrogen and oxygen atoms in total. The van der Waals surface area contributed by atoms with Crippen LogP contribution in [0.4, 0.5) is 0 Å². The summed E-state index contributed by atoms with van der Waals surface area (Å²) in [6.45, 7) is 1.84. The van der Waals surface area contributed by atoms with Crippen LogP contribution in [0.2, 0.25) is 0 Å². The van der Waals surface area contributed by atoms with Gasteiger partial charge in [-0.05, 0) is 44.3 Å². The summed E-state index contributed by atoms with van der Waals surface area (Å²) >= 11 is 0. The van der Waals surface area contributed by atoms with E-state index in [-0.39, 0.29) is 0 Å². The molecule has 1 N–H and O–H groups in total. The van der Waals surface area contributed by atoms with Crippen molar-refractivity contribution in [3.8, 4) is 0 Å². The van der Waals surface area contributed by atoms with E-state index in [1.807, 2.05) is 30.3 Å². The molecule has 1 heterocycles. The van der Waals surface area contributed by atoms with Crippen molar-refractivity contribution in [2.45, 2.75) is 37.1 Å².